The van der Waals surface area contributed by atoms with Crippen molar-refractivity contribution in [3.63, 3.8) is 0 Å². The highest BCUT2D eigenvalue weighted by atomic mass is 32.1. The van der Waals surface area contributed by atoms with Gasteiger partial charge in [-0.2, -0.15) is 0 Å². The van der Waals surface area contributed by atoms with Crippen molar-refractivity contribution in [1.82, 2.24) is 0 Å². The summed E-state index contributed by atoms with van der Waals surface area (Å²) in [6.45, 7) is 9.66. The molecule has 0 amide bonds. The average molecular weight is 282 g/mol. The maximum Gasteiger partial charge on any atom is 0.295 e. The SMILES string of the molecule is CC(C)c1sc(C(C)(C)C)c2c1C(=O)C(O)(O)C2=O. The van der Waals surface area contributed by atoms with Crippen LogP contribution in [0.3, 0.4) is 0 Å². The van der Waals surface area contributed by atoms with Crippen molar-refractivity contribution >= 4 is 22.9 Å². The lowest BCUT2D eigenvalue weighted by Gasteiger charge is -2.19. The lowest BCUT2D eigenvalue weighted by molar-refractivity contribution is -0.0858. The molecule has 2 N–H and O–H groups in total. The zero-order valence-corrected chi connectivity index (χ0v) is 12.5. The van der Waals surface area contributed by atoms with Crippen molar-refractivity contribution < 1.29 is 19.8 Å². The number of Topliss-reactive ketones (excluding diaryl/α,β-unsaturated/α-hetero) is 2. The molecule has 1 aromatic heterocycles. The minimum atomic E-state index is -2.89. The summed E-state index contributed by atoms with van der Waals surface area (Å²) < 4.78 is 0. The molecule has 0 atom stereocenters. The van der Waals surface area contributed by atoms with Gasteiger partial charge in [-0.15, -0.1) is 11.3 Å². The van der Waals surface area contributed by atoms with Crippen molar-refractivity contribution in [3.05, 3.63) is 20.9 Å². The third-order valence-electron chi connectivity index (χ3n) is 3.23. The largest absolute Gasteiger partial charge is 0.353 e. The third-order valence-corrected chi connectivity index (χ3v) is 5.14. The lowest BCUT2D eigenvalue weighted by atomic mass is 9.90. The van der Waals surface area contributed by atoms with Gasteiger partial charge in [-0.05, 0) is 11.3 Å². The van der Waals surface area contributed by atoms with E-state index in [2.05, 4.69) is 0 Å². The van der Waals surface area contributed by atoms with Crippen LogP contribution in [0.25, 0.3) is 0 Å². The highest BCUT2D eigenvalue weighted by Crippen LogP contribution is 2.46. The van der Waals surface area contributed by atoms with Crippen LogP contribution < -0.4 is 0 Å². The van der Waals surface area contributed by atoms with Crippen LogP contribution in [-0.4, -0.2) is 27.6 Å². The minimum Gasteiger partial charge on any atom is -0.353 e. The third kappa shape index (κ3) is 1.88. The Bertz CT molecular complexity index is 573. The van der Waals surface area contributed by atoms with Crippen molar-refractivity contribution in [2.45, 2.75) is 51.7 Å². The van der Waals surface area contributed by atoms with Gasteiger partial charge >= 0.3 is 0 Å². The topological polar surface area (TPSA) is 74.6 Å². The van der Waals surface area contributed by atoms with Crippen LogP contribution in [-0.2, 0) is 5.41 Å². The van der Waals surface area contributed by atoms with Gasteiger partial charge in [0, 0.05) is 20.9 Å². The normalized spacial score (nSPS) is 18.3. The Morgan fingerprint density at radius 3 is 1.95 bits per heavy atom. The molecule has 1 heterocycles. The molecule has 0 saturated heterocycles. The summed E-state index contributed by atoms with van der Waals surface area (Å²) in [5, 5.41) is 19.4. The number of ketones is 2. The molecule has 0 radical (unpaired) electrons. The fraction of sp³-hybridized carbons (Fsp3) is 0.571. The van der Waals surface area contributed by atoms with Gasteiger partial charge < -0.3 is 10.2 Å². The van der Waals surface area contributed by atoms with Crippen molar-refractivity contribution in [1.29, 1.82) is 0 Å². The van der Waals surface area contributed by atoms with Crippen LogP contribution >= 0.6 is 11.3 Å². The van der Waals surface area contributed by atoms with Gasteiger partial charge in [0.1, 0.15) is 0 Å². The number of thiophene rings is 1. The van der Waals surface area contributed by atoms with E-state index in [0.29, 0.717) is 0 Å². The fourth-order valence-corrected chi connectivity index (χ4v) is 3.63. The summed E-state index contributed by atoms with van der Waals surface area (Å²) in [6, 6.07) is 0. The Morgan fingerprint density at radius 1 is 1.05 bits per heavy atom. The molecule has 0 aromatic carbocycles. The zero-order chi connectivity index (χ0) is 14.7. The maximum absolute atomic E-state index is 12.1. The number of carbonyl (C=O) groups excluding carboxylic acids is 2. The van der Waals surface area contributed by atoms with Crippen LogP contribution in [0.15, 0.2) is 0 Å². The molecule has 0 saturated carbocycles. The smallest absolute Gasteiger partial charge is 0.295 e. The van der Waals surface area contributed by atoms with Crippen molar-refractivity contribution in [3.8, 4) is 0 Å². The van der Waals surface area contributed by atoms with E-state index < -0.39 is 17.4 Å². The first-order valence-electron chi connectivity index (χ1n) is 6.21. The van der Waals surface area contributed by atoms with Gasteiger partial charge in [0.2, 0.25) is 11.6 Å². The molecule has 4 nitrogen and oxygen atoms in total. The molecule has 0 spiro atoms. The molecule has 1 aromatic rings. The molecule has 19 heavy (non-hydrogen) atoms. The van der Waals surface area contributed by atoms with E-state index in [4.69, 9.17) is 0 Å². The van der Waals surface area contributed by atoms with Crippen LogP contribution in [0.4, 0.5) is 0 Å². The second kappa shape index (κ2) is 3.98. The van der Waals surface area contributed by atoms with Gasteiger partial charge in [0.15, 0.2) is 0 Å². The highest BCUT2D eigenvalue weighted by Gasteiger charge is 2.55. The first-order chi connectivity index (χ1) is 8.49. The van der Waals surface area contributed by atoms with Crippen LogP contribution in [0.5, 0.6) is 0 Å². The Balaban J connectivity index is 2.81. The van der Waals surface area contributed by atoms with E-state index >= 15 is 0 Å². The first-order valence-corrected chi connectivity index (χ1v) is 7.02. The second-order valence-corrected chi connectivity index (χ2v) is 7.33. The number of aliphatic hydroxyl groups is 2. The van der Waals surface area contributed by atoms with Gasteiger partial charge in [-0.3, -0.25) is 9.59 Å². The first kappa shape index (κ1) is 14.4. The summed E-state index contributed by atoms with van der Waals surface area (Å²) in [5.41, 5.74) is 0.0919. The number of rotatable bonds is 1. The molecule has 0 aliphatic heterocycles. The Kier molecular flexibility index (Phi) is 3.01. The fourth-order valence-electron chi connectivity index (χ4n) is 2.28. The minimum absolute atomic E-state index is 0.0560. The molecule has 0 fully saturated rings. The van der Waals surface area contributed by atoms with E-state index in [1.807, 2.05) is 34.6 Å². The molecular weight excluding hydrogens is 264 g/mol. The van der Waals surface area contributed by atoms with Gasteiger partial charge in [-0.25, -0.2) is 0 Å². The van der Waals surface area contributed by atoms with Crippen LogP contribution in [0, 0.1) is 0 Å². The molecule has 0 unspecified atom stereocenters. The van der Waals surface area contributed by atoms with E-state index in [1.165, 1.54) is 11.3 Å². The number of hydrogen-bond acceptors (Lipinski definition) is 5. The molecular formula is C14H18O4S. The summed E-state index contributed by atoms with van der Waals surface area (Å²) in [4.78, 5) is 25.7. The molecule has 1 aliphatic carbocycles. The Morgan fingerprint density at radius 2 is 1.53 bits per heavy atom. The van der Waals surface area contributed by atoms with Crippen LogP contribution in [0.2, 0.25) is 0 Å². The number of hydrogen-bond donors (Lipinski definition) is 2. The Labute approximate surface area is 116 Å². The summed E-state index contributed by atoms with van der Waals surface area (Å²) in [6.07, 6.45) is 0. The summed E-state index contributed by atoms with van der Waals surface area (Å²) in [7, 11) is 0. The number of fused-ring (bicyclic) bond motifs is 1. The quantitative estimate of drug-likeness (QED) is 0.612. The van der Waals surface area contributed by atoms with E-state index in [-0.39, 0.29) is 22.5 Å². The van der Waals surface area contributed by atoms with E-state index in [0.717, 1.165) is 9.75 Å². The maximum atomic E-state index is 12.1. The second-order valence-electron chi connectivity index (χ2n) is 6.28. The van der Waals surface area contributed by atoms with Crippen LogP contribution in [0.1, 0.15) is 71.0 Å². The standard InChI is InChI=1S/C14H18O4S/c1-6(2)9-7-8(12(19-9)13(3,4)5)11(16)14(17,18)10(7)15/h6,17-18H,1-5H3. The summed E-state index contributed by atoms with van der Waals surface area (Å²) in [5.74, 6) is -4.61. The number of carbonyl (C=O) groups is 2. The average Bonchev–Trinajstić information content (AvgIpc) is 2.71. The molecule has 104 valence electrons. The Hall–Kier alpha value is -1.04. The molecule has 5 heteroatoms. The van der Waals surface area contributed by atoms with E-state index in [1.54, 1.807) is 0 Å². The molecule has 2 rings (SSSR count). The zero-order valence-electron chi connectivity index (χ0n) is 11.7. The predicted molar refractivity (Wildman–Crippen MR) is 72.9 cm³/mol. The van der Waals surface area contributed by atoms with Crippen molar-refractivity contribution in [2.24, 2.45) is 0 Å². The lowest BCUT2D eigenvalue weighted by Crippen LogP contribution is -2.41. The van der Waals surface area contributed by atoms with Gasteiger partial charge in [0.05, 0.1) is 0 Å². The highest BCUT2D eigenvalue weighted by molar-refractivity contribution is 7.13. The monoisotopic (exact) mass is 282 g/mol. The predicted octanol–water partition coefficient (Wildman–Crippen LogP) is 2.23. The van der Waals surface area contributed by atoms with E-state index in [9.17, 15) is 19.8 Å². The summed E-state index contributed by atoms with van der Waals surface area (Å²) >= 11 is 1.42. The molecule has 0 bridgehead atoms. The van der Waals surface area contributed by atoms with Gasteiger partial charge in [-0.1, -0.05) is 34.6 Å². The van der Waals surface area contributed by atoms with Gasteiger partial charge in [0.25, 0.3) is 5.79 Å². The molecule has 1 aliphatic rings. The van der Waals surface area contributed by atoms with Crippen molar-refractivity contribution in [2.75, 3.05) is 0 Å².